The van der Waals surface area contributed by atoms with Crippen molar-refractivity contribution >= 4 is 0 Å². The van der Waals surface area contributed by atoms with Crippen molar-refractivity contribution < 1.29 is 4.74 Å². The molecular formula is C18H21N5O. The van der Waals surface area contributed by atoms with Crippen molar-refractivity contribution in [3.63, 3.8) is 0 Å². The number of methoxy groups -OCH3 is 1. The Kier molecular flexibility index (Phi) is 4.04. The van der Waals surface area contributed by atoms with Gasteiger partial charge in [0.1, 0.15) is 11.6 Å². The number of aromatic nitrogens is 4. The van der Waals surface area contributed by atoms with Gasteiger partial charge in [-0.05, 0) is 23.8 Å². The molecule has 0 saturated carbocycles. The molecule has 3 aromatic rings. The second-order valence-electron chi connectivity index (χ2n) is 6.10. The third-order valence-corrected chi connectivity index (χ3v) is 4.38. The first kappa shape index (κ1) is 15.0. The van der Waals surface area contributed by atoms with E-state index >= 15 is 0 Å². The minimum Gasteiger partial charge on any atom is -0.497 e. The van der Waals surface area contributed by atoms with Gasteiger partial charge in [-0.15, -0.1) is 0 Å². The minimum absolute atomic E-state index is 0.728. The SMILES string of the molecule is COc1ccc(CN2CCn3cc(Cn4cccn4)nc3C2)cc1. The smallest absolute Gasteiger partial charge is 0.123 e. The zero-order chi connectivity index (χ0) is 16.4. The number of benzene rings is 1. The largest absolute Gasteiger partial charge is 0.497 e. The van der Waals surface area contributed by atoms with E-state index in [4.69, 9.17) is 9.72 Å². The molecular weight excluding hydrogens is 302 g/mol. The number of ether oxygens (including phenoxy) is 1. The Balaban J connectivity index is 1.42. The van der Waals surface area contributed by atoms with Gasteiger partial charge in [-0.25, -0.2) is 4.98 Å². The highest BCUT2D eigenvalue weighted by molar-refractivity contribution is 5.27. The molecule has 0 spiro atoms. The van der Waals surface area contributed by atoms with Crippen LogP contribution in [0.1, 0.15) is 17.1 Å². The molecule has 4 rings (SSSR count). The Morgan fingerprint density at radius 3 is 2.75 bits per heavy atom. The third-order valence-electron chi connectivity index (χ3n) is 4.38. The van der Waals surface area contributed by atoms with Gasteiger partial charge in [0.05, 0.1) is 25.9 Å². The summed E-state index contributed by atoms with van der Waals surface area (Å²) >= 11 is 0. The highest BCUT2D eigenvalue weighted by atomic mass is 16.5. The van der Waals surface area contributed by atoms with Crippen molar-refractivity contribution in [2.75, 3.05) is 13.7 Å². The zero-order valence-corrected chi connectivity index (χ0v) is 13.8. The Morgan fingerprint density at radius 1 is 1.12 bits per heavy atom. The zero-order valence-electron chi connectivity index (χ0n) is 13.8. The fourth-order valence-corrected chi connectivity index (χ4v) is 3.12. The number of rotatable bonds is 5. The fourth-order valence-electron chi connectivity index (χ4n) is 3.12. The molecule has 1 aromatic carbocycles. The van der Waals surface area contributed by atoms with Gasteiger partial charge < -0.3 is 9.30 Å². The van der Waals surface area contributed by atoms with Gasteiger partial charge in [-0.2, -0.15) is 5.10 Å². The third kappa shape index (κ3) is 3.19. The molecule has 3 heterocycles. The van der Waals surface area contributed by atoms with E-state index in [0.29, 0.717) is 0 Å². The first-order valence-electron chi connectivity index (χ1n) is 8.18. The molecule has 1 aliphatic heterocycles. The number of fused-ring (bicyclic) bond motifs is 1. The van der Waals surface area contributed by atoms with E-state index in [1.807, 2.05) is 29.1 Å². The summed E-state index contributed by atoms with van der Waals surface area (Å²) in [7, 11) is 1.69. The van der Waals surface area contributed by atoms with E-state index in [2.05, 4.69) is 32.9 Å². The average Bonchev–Trinajstić information content (AvgIpc) is 3.24. The summed E-state index contributed by atoms with van der Waals surface area (Å²) in [5.41, 5.74) is 2.37. The normalized spacial score (nSPS) is 14.5. The van der Waals surface area contributed by atoms with Crippen LogP contribution in [0.25, 0.3) is 0 Å². The molecule has 2 aromatic heterocycles. The molecule has 6 heteroatoms. The Morgan fingerprint density at radius 2 is 2.00 bits per heavy atom. The Bertz CT molecular complexity index is 791. The van der Waals surface area contributed by atoms with Crippen LogP contribution in [0.15, 0.2) is 48.9 Å². The van der Waals surface area contributed by atoms with Crippen molar-refractivity contribution in [3.05, 3.63) is 66.0 Å². The monoisotopic (exact) mass is 323 g/mol. The van der Waals surface area contributed by atoms with Gasteiger partial charge in [0.25, 0.3) is 0 Å². The molecule has 0 atom stereocenters. The number of imidazole rings is 1. The molecule has 0 radical (unpaired) electrons. The van der Waals surface area contributed by atoms with E-state index in [-0.39, 0.29) is 0 Å². The van der Waals surface area contributed by atoms with Crippen LogP contribution < -0.4 is 4.74 Å². The first-order valence-corrected chi connectivity index (χ1v) is 8.18. The lowest BCUT2D eigenvalue weighted by molar-refractivity contribution is 0.209. The Hall–Kier alpha value is -2.60. The lowest BCUT2D eigenvalue weighted by atomic mass is 10.2. The second kappa shape index (κ2) is 6.49. The summed E-state index contributed by atoms with van der Waals surface area (Å²) in [5.74, 6) is 2.04. The maximum atomic E-state index is 5.22. The van der Waals surface area contributed by atoms with Gasteiger partial charge in [0.15, 0.2) is 0 Å². The Labute approximate surface area is 141 Å². The second-order valence-corrected chi connectivity index (χ2v) is 6.10. The summed E-state index contributed by atoms with van der Waals surface area (Å²) < 4.78 is 9.39. The topological polar surface area (TPSA) is 48.1 Å². The number of nitrogens with zero attached hydrogens (tertiary/aromatic N) is 5. The van der Waals surface area contributed by atoms with Crippen molar-refractivity contribution in [1.29, 1.82) is 0 Å². The molecule has 124 valence electrons. The van der Waals surface area contributed by atoms with Crippen LogP contribution >= 0.6 is 0 Å². The van der Waals surface area contributed by atoms with Crippen LogP contribution in [0.3, 0.4) is 0 Å². The van der Waals surface area contributed by atoms with Crippen LogP contribution in [0, 0.1) is 0 Å². The summed E-state index contributed by atoms with van der Waals surface area (Å²) in [6.45, 7) is 4.57. The van der Waals surface area contributed by atoms with Crippen molar-refractivity contribution in [2.24, 2.45) is 0 Å². The fraction of sp³-hybridized carbons (Fsp3) is 0.333. The lowest BCUT2D eigenvalue weighted by Crippen LogP contribution is -2.33. The molecule has 6 nitrogen and oxygen atoms in total. The van der Waals surface area contributed by atoms with E-state index < -0.39 is 0 Å². The maximum Gasteiger partial charge on any atom is 0.123 e. The van der Waals surface area contributed by atoms with Crippen LogP contribution in [-0.2, 0) is 26.2 Å². The molecule has 24 heavy (non-hydrogen) atoms. The van der Waals surface area contributed by atoms with E-state index in [1.54, 1.807) is 13.3 Å². The summed E-state index contributed by atoms with van der Waals surface area (Å²) in [4.78, 5) is 7.22. The molecule has 0 amide bonds. The molecule has 0 saturated heterocycles. The van der Waals surface area contributed by atoms with E-state index in [1.165, 1.54) is 5.56 Å². The van der Waals surface area contributed by atoms with Crippen LogP contribution in [-0.4, -0.2) is 37.9 Å². The first-order chi connectivity index (χ1) is 11.8. The van der Waals surface area contributed by atoms with Gasteiger partial charge in [0.2, 0.25) is 0 Å². The van der Waals surface area contributed by atoms with Gasteiger partial charge in [0, 0.05) is 38.2 Å². The lowest BCUT2D eigenvalue weighted by Gasteiger charge is -2.27. The van der Waals surface area contributed by atoms with E-state index in [9.17, 15) is 0 Å². The minimum atomic E-state index is 0.728. The predicted molar refractivity (Wildman–Crippen MR) is 90.7 cm³/mol. The predicted octanol–water partition coefficient (Wildman–Crippen LogP) is 2.15. The van der Waals surface area contributed by atoms with Gasteiger partial charge >= 0.3 is 0 Å². The quantitative estimate of drug-likeness (QED) is 0.722. The van der Waals surface area contributed by atoms with Gasteiger partial charge in [-0.1, -0.05) is 12.1 Å². The summed E-state index contributed by atoms with van der Waals surface area (Å²) in [5, 5.41) is 4.25. The average molecular weight is 323 g/mol. The summed E-state index contributed by atoms with van der Waals surface area (Å²) in [6.07, 6.45) is 5.92. The standard InChI is InChI=1S/C18H21N5O/c1-24-17-5-3-15(4-6-17)11-21-9-10-22-12-16(20-18(22)14-21)13-23-8-2-7-19-23/h2-8,12H,9-11,13-14H2,1H3. The van der Waals surface area contributed by atoms with Crippen LogP contribution in [0.2, 0.25) is 0 Å². The van der Waals surface area contributed by atoms with Crippen LogP contribution in [0.4, 0.5) is 0 Å². The number of hydrogen-bond donors (Lipinski definition) is 0. The van der Waals surface area contributed by atoms with Crippen molar-refractivity contribution in [1.82, 2.24) is 24.2 Å². The molecule has 0 N–H and O–H groups in total. The molecule has 0 fully saturated rings. The number of hydrogen-bond acceptors (Lipinski definition) is 4. The summed E-state index contributed by atoms with van der Waals surface area (Å²) in [6, 6.07) is 10.2. The highest BCUT2D eigenvalue weighted by Crippen LogP contribution is 2.18. The van der Waals surface area contributed by atoms with Gasteiger partial charge in [-0.3, -0.25) is 9.58 Å². The molecule has 0 aliphatic carbocycles. The molecule has 1 aliphatic rings. The van der Waals surface area contributed by atoms with Crippen molar-refractivity contribution in [3.8, 4) is 5.75 Å². The van der Waals surface area contributed by atoms with Crippen molar-refractivity contribution in [2.45, 2.75) is 26.2 Å². The maximum absolute atomic E-state index is 5.22. The molecule has 0 bridgehead atoms. The molecule has 0 unspecified atom stereocenters. The van der Waals surface area contributed by atoms with Crippen LogP contribution in [0.5, 0.6) is 5.75 Å². The highest BCUT2D eigenvalue weighted by Gasteiger charge is 2.18. The van der Waals surface area contributed by atoms with E-state index in [0.717, 1.165) is 50.0 Å².